The van der Waals surface area contributed by atoms with Gasteiger partial charge in [0.1, 0.15) is 11.6 Å². The predicted molar refractivity (Wildman–Crippen MR) is 95.0 cm³/mol. The number of anilines is 1. The van der Waals surface area contributed by atoms with Gasteiger partial charge in [0.15, 0.2) is 0 Å². The number of nitrogens with one attached hydrogen (secondary N) is 1. The molecule has 0 unspecified atom stereocenters. The molecule has 0 saturated heterocycles. The van der Waals surface area contributed by atoms with Crippen LogP contribution in [0.2, 0.25) is 0 Å². The number of hydrogen-bond acceptors (Lipinski definition) is 2. The first kappa shape index (κ1) is 19.4. The van der Waals surface area contributed by atoms with Crippen LogP contribution in [0.4, 0.5) is 14.9 Å². The van der Waals surface area contributed by atoms with E-state index in [-0.39, 0.29) is 24.5 Å². The first-order chi connectivity index (χ1) is 11.1. The zero-order valence-electron chi connectivity index (χ0n) is 13.6. The maximum Gasteiger partial charge on any atom is 0.321 e. The van der Waals surface area contributed by atoms with Crippen molar-refractivity contribution in [3.63, 3.8) is 0 Å². The van der Waals surface area contributed by atoms with Crippen molar-refractivity contribution in [3.05, 3.63) is 59.9 Å². The maximum absolute atomic E-state index is 12.8. The van der Waals surface area contributed by atoms with Crippen LogP contribution in [0.25, 0.3) is 0 Å². The van der Waals surface area contributed by atoms with Gasteiger partial charge in [-0.25, -0.2) is 9.18 Å². The molecule has 2 amide bonds. The molecule has 4 N–H and O–H groups in total. The highest BCUT2D eigenvalue weighted by atomic mass is 19.1. The zero-order chi connectivity index (χ0) is 16.7. The van der Waals surface area contributed by atoms with Crippen molar-refractivity contribution < 1.29 is 21.2 Å². The molecule has 2 aromatic rings. The summed E-state index contributed by atoms with van der Waals surface area (Å²) in [6.45, 7) is 0.554. The second-order valence-corrected chi connectivity index (χ2v) is 5.36. The number of hydrogen-bond donors (Lipinski definition) is 2. The Bertz CT molecular complexity index is 653. The number of para-hydroxylation sites is 2. The molecule has 0 saturated carbocycles. The molecule has 0 aromatic heterocycles. The van der Waals surface area contributed by atoms with E-state index in [9.17, 15) is 14.3 Å². The van der Waals surface area contributed by atoms with Crippen LogP contribution in [0, 0.1) is 5.82 Å². The molecule has 0 radical (unpaired) electrons. The van der Waals surface area contributed by atoms with Crippen LogP contribution in [0.1, 0.15) is 19.8 Å². The van der Waals surface area contributed by atoms with Gasteiger partial charge in [-0.3, -0.25) is 4.90 Å². The third-order valence-corrected chi connectivity index (χ3v) is 3.63. The number of amides is 2. The lowest BCUT2D eigenvalue weighted by molar-refractivity contribution is 0.247. The number of phenols is 1. The van der Waals surface area contributed by atoms with Crippen LogP contribution < -0.4 is 10.2 Å². The highest BCUT2D eigenvalue weighted by Gasteiger charge is 2.12. The molecule has 132 valence electrons. The summed E-state index contributed by atoms with van der Waals surface area (Å²) in [6.07, 6.45) is 2.59. The van der Waals surface area contributed by atoms with Crippen LogP contribution in [0.3, 0.4) is 0 Å². The standard InChI is InChI=1S/C18H21FN2O2.H2O.H2/c1-21(16-7-2-3-8-17(16)22)18(23)20-13-5-4-6-14-9-11-15(19)12-10-14;;/h2-3,7-12,22H,4-6,13H2,1H3,(H,20,23);1H2;1H. The van der Waals surface area contributed by atoms with Gasteiger partial charge in [0.25, 0.3) is 0 Å². The van der Waals surface area contributed by atoms with Gasteiger partial charge in [-0.2, -0.15) is 0 Å². The number of aromatic hydroxyl groups is 1. The Morgan fingerprint density at radius 1 is 1.17 bits per heavy atom. The number of halogens is 1. The van der Waals surface area contributed by atoms with E-state index in [2.05, 4.69) is 5.32 Å². The number of phenolic OH excluding ortho intramolecular Hbond substituents is 1. The summed E-state index contributed by atoms with van der Waals surface area (Å²) in [5, 5.41) is 12.6. The van der Waals surface area contributed by atoms with Crippen LogP contribution >= 0.6 is 0 Å². The summed E-state index contributed by atoms with van der Waals surface area (Å²) in [5.74, 6) is -0.158. The number of urea groups is 1. The lowest BCUT2D eigenvalue weighted by Crippen LogP contribution is -2.37. The lowest BCUT2D eigenvalue weighted by Gasteiger charge is -2.19. The average molecular weight is 336 g/mol. The highest BCUT2D eigenvalue weighted by molar-refractivity contribution is 5.92. The van der Waals surface area contributed by atoms with Gasteiger partial charge in [-0.05, 0) is 49.1 Å². The Hall–Kier alpha value is -2.60. The minimum atomic E-state index is -0.256. The molecule has 0 heterocycles. The second-order valence-electron chi connectivity index (χ2n) is 5.36. The third kappa shape index (κ3) is 5.55. The molecule has 6 heteroatoms. The molecule has 2 aromatic carbocycles. The molecule has 0 aliphatic carbocycles. The van der Waals surface area contributed by atoms with E-state index in [1.807, 2.05) is 0 Å². The number of benzene rings is 2. The Morgan fingerprint density at radius 3 is 2.50 bits per heavy atom. The SMILES string of the molecule is CN(C(=O)NCCCCc1ccc(F)cc1)c1ccccc1O.O.[HH]. The molecule has 0 aliphatic heterocycles. The Labute approximate surface area is 142 Å². The van der Waals surface area contributed by atoms with E-state index >= 15 is 0 Å². The number of carbonyl (C=O) groups excluding carboxylic acids is 1. The number of nitrogens with zero attached hydrogens (tertiary/aromatic N) is 1. The van der Waals surface area contributed by atoms with Gasteiger partial charge in [0, 0.05) is 15.0 Å². The summed E-state index contributed by atoms with van der Waals surface area (Å²) in [6, 6.07) is 12.9. The van der Waals surface area contributed by atoms with Crippen LogP contribution in [0.5, 0.6) is 5.75 Å². The number of unbranched alkanes of at least 4 members (excludes halogenated alkanes) is 1. The molecular weight excluding hydrogens is 311 g/mol. The molecule has 0 bridgehead atoms. The van der Waals surface area contributed by atoms with E-state index in [4.69, 9.17) is 0 Å². The van der Waals surface area contributed by atoms with E-state index < -0.39 is 0 Å². The van der Waals surface area contributed by atoms with Crippen molar-refractivity contribution in [1.29, 1.82) is 0 Å². The molecular formula is C18H25FN2O3. The smallest absolute Gasteiger partial charge is 0.321 e. The summed E-state index contributed by atoms with van der Waals surface area (Å²) >= 11 is 0. The third-order valence-electron chi connectivity index (χ3n) is 3.63. The van der Waals surface area contributed by atoms with Crippen LogP contribution in [0.15, 0.2) is 48.5 Å². The summed E-state index contributed by atoms with van der Waals surface area (Å²) in [5.41, 5.74) is 1.56. The second kappa shape index (κ2) is 9.52. The summed E-state index contributed by atoms with van der Waals surface area (Å²) in [7, 11) is 1.61. The molecule has 0 fully saturated rings. The van der Waals surface area contributed by atoms with Crippen molar-refractivity contribution >= 4 is 11.7 Å². The van der Waals surface area contributed by atoms with Gasteiger partial charge in [-0.15, -0.1) is 0 Å². The summed E-state index contributed by atoms with van der Waals surface area (Å²) < 4.78 is 12.8. The average Bonchev–Trinajstić information content (AvgIpc) is 2.56. The number of rotatable bonds is 6. The minimum absolute atomic E-state index is 0. The predicted octanol–water partition coefficient (Wildman–Crippen LogP) is 3.12. The highest BCUT2D eigenvalue weighted by Crippen LogP contribution is 2.25. The Kier molecular flexibility index (Phi) is 7.71. The van der Waals surface area contributed by atoms with Crippen LogP contribution in [-0.4, -0.2) is 30.2 Å². The topological polar surface area (TPSA) is 84.1 Å². The van der Waals surface area contributed by atoms with Gasteiger partial charge >= 0.3 is 6.03 Å². The van der Waals surface area contributed by atoms with Crippen molar-refractivity contribution in [2.24, 2.45) is 0 Å². The minimum Gasteiger partial charge on any atom is -0.506 e. The monoisotopic (exact) mass is 336 g/mol. The largest absolute Gasteiger partial charge is 0.506 e. The van der Waals surface area contributed by atoms with Crippen molar-refractivity contribution in [2.75, 3.05) is 18.5 Å². The van der Waals surface area contributed by atoms with Gasteiger partial charge < -0.3 is 15.9 Å². The van der Waals surface area contributed by atoms with Crippen molar-refractivity contribution in [1.82, 2.24) is 5.32 Å². The van der Waals surface area contributed by atoms with E-state index in [1.54, 1.807) is 43.4 Å². The summed E-state index contributed by atoms with van der Waals surface area (Å²) in [4.78, 5) is 13.4. The van der Waals surface area contributed by atoms with E-state index in [0.717, 1.165) is 24.8 Å². The zero-order valence-corrected chi connectivity index (χ0v) is 13.6. The number of aryl methyl sites for hydroxylation is 1. The first-order valence-electron chi connectivity index (χ1n) is 7.62. The fourth-order valence-electron chi connectivity index (χ4n) is 2.28. The fourth-order valence-corrected chi connectivity index (χ4v) is 2.28. The number of carbonyl (C=O) groups is 1. The quantitative estimate of drug-likeness (QED) is 0.794. The molecule has 5 nitrogen and oxygen atoms in total. The van der Waals surface area contributed by atoms with Crippen LogP contribution in [-0.2, 0) is 6.42 Å². The molecule has 24 heavy (non-hydrogen) atoms. The Balaban J connectivity index is 0.00000288. The fraction of sp³-hybridized carbons (Fsp3) is 0.278. The van der Waals surface area contributed by atoms with Crippen molar-refractivity contribution in [3.8, 4) is 5.75 Å². The van der Waals surface area contributed by atoms with Gasteiger partial charge in [0.2, 0.25) is 0 Å². The van der Waals surface area contributed by atoms with E-state index in [0.29, 0.717) is 12.2 Å². The lowest BCUT2D eigenvalue weighted by atomic mass is 10.1. The molecule has 0 aliphatic rings. The van der Waals surface area contributed by atoms with Gasteiger partial charge in [0.05, 0.1) is 5.69 Å². The normalized spacial score (nSPS) is 9.92. The van der Waals surface area contributed by atoms with E-state index in [1.165, 1.54) is 17.0 Å². The molecule has 0 atom stereocenters. The van der Waals surface area contributed by atoms with Gasteiger partial charge in [-0.1, -0.05) is 24.3 Å². The molecule has 2 rings (SSSR count). The maximum atomic E-state index is 12.8. The van der Waals surface area contributed by atoms with Crippen molar-refractivity contribution in [2.45, 2.75) is 19.3 Å². The first-order valence-corrected chi connectivity index (χ1v) is 7.62. The molecule has 0 spiro atoms. The Morgan fingerprint density at radius 2 is 1.83 bits per heavy atom.